The summed E-state index contributed by atoms with van der Waals surface area (Å²) in [4.78, 5) is 0. The van der Waals surface area contributed by atoms with Crippen molar-refractivity contribution in [2.75, 3.05) is 27.4 Å². The summed E-state index contributed by atoms with van der Waals surface area (Å²) in [6.45, 7) is 8.66. The van der Waals surface area contributed by atoms with Crippen molar-refractivity contribution >= 4 is 0 Å². The maximum Gasteiger partial charge on any atom is 2.00 e. The first-order valence-corrected chi connectivity index (χ1v) is 3.39. The molecule has 0 spiro atoms. The van der Waals surface area contributed by atoms with E-state index in [0.29, 0.717) is 0 Å². The van der Waals surface area contributed by atoms with Crippen LogP contribution in [-0.4, -0.2) is 27.4 Å². The zero-order valence-electron chi connectivity index (χ0n) is 7.77. The molecule has 0 N–H and O–H groups in total. The molecule has 3 heteroatoms. The van der Waals surface area contributed by atoms with E-state index < -0.39 is 0 Å². The smallest absolute Gasteiger partial charge is 0.387 e. The molecule has 64 valence electrons. The monoisotopic (exact) mass is 260 g/mol. The summed E-state index contributed by atoms with van der Waals surface area (Å²) >= 11 is 0. The van der Waals surface area contributed by atoms with Gasteiger partial charge in [-0.2, -0.15) is 12.8 Å². The fraction of sp³-hybridized carbons (Fsp3) is 0.750. The molecule has 0 amide bonds. The number of ether oxygens (including phenoxy) is 2. The quantitative estimate of drug-likeness (QED) is 0.565. The minimum atomic E-state index is 0. The first-order valence-electron chi connectivity index (χ1n) is 3.39. The van der Waals surface area contributed by atoms with Gasteiger partial charge < -0.3 is 23.3 Å². The fourth-order valence-electron chi connectivity index (χ4n) is 0.289. The van der Waals surface area contributed by atoms with Crippen molar-refractivity contribution in [3.05, 3.63) is 13.8 Å². The van der Waals surface area contributed by atoms with Crippen molar-refractivity contribution in [3.8, 4) is 0 Å². The van der Waals surface area contributed by atoms with Crippen LogP contribution in [-0.2, 0) is 36.8 Å². The van der Waals surface area contributed by atoms with E-state index in [1.165, 1.54) is 0 Å². The first kappa shape index (κ1) is 17.8. The summed E-state index contributed by atoms with van der Waals surface area (Å²) in [6, 6.07) is 0. The molecular weight excluding hydrogens is 240 g/mol. The van der Waals surface area contributed by atoms with Gasteiger partial charge >= 0.3 is 27.3 Å². The number of hydrogen-bond acceptors (Lipinski definition) is 2. The molecule has 0 unspecified atom stereocenters. The van der Waals surface area contributed by atoms with E-state index in [4.69, 9.17) is 0 Å². The van der Waals surface area contributed by atoms with Crippen molar-refractivity contribution in [1.82, 2.24) is 0 Å². The number of hydrogen-bond donors (Lipinski definition) is 0. The van der Waals surface area contributed by atoms with Gasteiger partial charge in [-0.05, 0) is 0 Å². The van der Waals surface area contributed by atoms with Gasteiger partial charge in [0.25, 0.3) is 0 Å². The van der Waals surface area contributed by atoms with E-state index in [-0.39, 0.29) is 27.3 Å². The largest absolute Gasteiger partial charge is 2.00 e. The summed E-state index contributed by atoms with van der Waals surface area (Å²) in [7, 11) is 3.34. The van der Waals surface area contributed by atoms with Gasteiger partial charge in [-0.15, -0.1) is 0 Å². The van der Waals surface area contributed by atoms with Crippen molar-refractivity contribution in [3.63, 3.8) is 0 Å². The SMILES string of the molecule is [CH2-]CCOC.[CH2-]CCOC.[Cd+2]. The van der Waals surface area contributed by atoms with Crippen molar-refractivity contribution in [1.29, 1.82) is 0 Å². The molecule has 0 aromatic rings. The average Bonchev–Trinajstić information content (AvgIpc) is 1.93. The molecule has 0 aromatic heterocycles. The summed E-state index contributed by atoms with van der Waals surface area (Å²) in [5, 5.41) is 0. The summed E-state index contributed by atoms with van der Waals surface area (Å²) < 4.78 is 9.26. The second kappa shape index (κ2) is 22.4. The number of methoxy groups -OCH3 is 2. The van der Waals surface area contributed by atoms with Crippen LogP contribution in [0.15, 0.2) is 0 Å². The van der Waals surface area contributed by atoms with E-state index in [2.05, 4.69) is 23.3 Å². The molecule has 0 fully saturated rings. The Morgan fingerprint density at radius 1 is 0.909 bits per heavy atom. The van der Waals surface area contributed by atoms with E-state index in [9.17, 15) is 0 Å². The van der Waals surface area contributed by atoms with Gasteiger partial charge in [-0.25, -0.2) is 0 Å². The summed E-state index contributed by atoms with van der Waals surface area (Å²) in [5.74, 6) is 0. The number of rotatable bonds is 4. The minimum absolute atomic E-state index is 0. The molecule has 0 aliphatic heterocycles. The molecule has 0 saturated carbocycles. The standard InChI is InChI=1S/2C4H9O.Cd/c2*1-3-4-5-2;/h2*1,3-4H2,2H3;/q2*-1;+2. The van der Waals surface area contributed by atoms with E-state index >= 15 is 0 Å². The molecule has 0 radical (unpaired) electrons. The van der Waals surface area contributed by atoms with Crippen molar-refractivity contribution in [2.24, 2.45) is 0 Å². The van der Waals surface area contributed by atoms with Crippen LogP contribution in [0.1, 0.15) is 12.8 Å². The van der Waals surface area contributed by atoms with Gasteiger partial charge in [0.2, 0.25) is 0 Å². The first-order chi connectivity index (χ1) is 4.83. The van der Waals surface area contributed by atoms with E-state index in [1.54, 1.807) is 14.2 Å². The van der Waals surface area contributed by atoms with Gasteiger partial charge in [-0.1, -0.05) is 0 Å². The Morgan fingerprint density at radius 3 is 1.18 bits per heavy atom. The average molecular weight is 259 g/mol. The normalized spacial score (nSPS) is 7.64. The second-order valence-corrected chi connectivity index (χ2v) is 1.69. The summed E-state index contributed by atoms with van der Waals surface area (Å²) in [5.41, 5.74) is 0. The Bertz CT molecular complexity index is 33.1. The van der Waals surface area contributed by atoms with Crippen molar-refractivity contribution in [2.45, 2.75) is 12.8 Å². The van der Waals surface area contributed by atoms with Crippen LogP contribution in [0.25, 0.3) is 0 Å². The van der Waals surface area contributed by atoms with Crippen LogP contribution in [0.2, 0.25) is 0 Å². The molecule has 0 atom stereocenters. The molecule has 0 heterocycles. The van der Waals surface area contributed by atoms with Crippen LogP contribution < -0.4 is 0 Å². The summed E-state index contributed by atoms with van der Waals surface area (Å²) in [6.07, 6.45) is 1.74. The van der Waals surface area contributed by atoms with Crippen molar-refractivity contribution < 1.29 is 36.8 Å². The van der Waals surface area contributed by atoms with Crippen LogP contribution in [0, 0.1) is 13.8 Å². The van der Waals surface area contributed by atoms with Gasteiger partial charge in [0, 0.05) is 27.4 Å². The fourth-order valence-corrected chi connectivity index (χ4v) is 0.289. The Hall–Kier alpha value is 0.842. The zero-order valence-corrected chi connectivity index (χ0v) is 11.8. The molecule has 0 saturated heterocycles. The predicted octanol–water partition coefficient (Wildman–Crippen LogP) is 1.71. The van der Waals surface area contributed by atoms with Crippen LogP contribution in [0.4, 0.5) is 0 Å². The molecular formula is C8H18CdO2. The molecule has 0 rings (SSSR count). The Balaban J connectivity index is -0.000000107. The topological polar surface area (TPSA) is 18.5 Å². The van der Waals surface area contributed by atoms with E-state index in [1.807, 2.05) is 0 Å². The Morgan fingerprint density at radius 2 is 1.18 bits per heavy atom. The van der Waals surface area contributed by atoms with Crippen LogP contribution in [0.3, 0.4) is 0 Å². The third-order valence-electron chi connectivity index (χ3n) is 0.697. The van der Waals surface area contributed by atoms with Gasteiger partial charge in [0.15, 0.2) is 0 Å². The minimum Gasteiger partial charge on any atom is -0.387 e. The van der Waals surface area contributed by atoms with Gasteiger partial charge in [-0.3, -0.25) is 0 Å². The third-order valence-corrected chi connectivity index (χ3v) is 0.697. The molecule has 11 heavy (non-hydrogen) atoms. The Kier molecular flexibility index (Phi) is 36.3. The molecule has 2 nitrogen and oxygen atoms in total. The molecule has 0 aliphatic rings. The maximum absolute atomic E-state index is 4.63. The van der Waals surface area contributed by atoms with Gasteiger partial charge in [0.1, 0.15) is 0 Å². The molecule has 0 aliphatic carbocycles. The van der Waals surface area contributed by atoms with Gasteiger partial charge in [0.05, 0.1) is 0 Å². The molecule has 0 bridgehead atoms. The predicted molar refractivity (Wildman–Crippen MR) is 43.7 cm³/mol. The Labute approximate surface area is 90.8 Å². The van der Waals surface area contributed by atoms with E-state index in [0.717, 1.165) is 26.1 Å². The molecule has 0 aromatic carbocycles. The third kappa shape index (κ3) is 36.2. The zero-order chi connectivity index (χ0) is 8.24. The van der Waals surface area contributed by atoms with Crippen LogP contribution >= 0.6 is 0 Å². The van der Waals surface area contributed by atoms with Crippen LogP contribution in [0.5, 0.6) is 0 Å². The maximum atomic E-state index is 4.63. The second-order valence-electron chi connectivity index (χ2n) is 1.69.